The Morgan fingerprint density at radius 3 is 2.57 bits per heavy atom. The quantitative estimate of drug-likeness (QED) is 0.514. The number of β-lactam (4-membered cyclic amide) rings is 1. The Balaban J connectivity index is 1.75. The van der Waals surface area contributed by atoms with E-state index in [9.17, 15) is 4.79 Å². The van der Waals surface area contributed by atoms with Crippen molar-refractivity contribution in [3.63, 3.8) is 0 Å². The average Bonchev–Trinajstić information content (AvgIpc) is 3.02. The Hall–Kier alpha value is -1.35. The summed E-state index contributed by atoms with van der Waals surface area (Å²) >= 11 is 0. The highest BCUT2D eigenvalue weighted by atomic mass is 16.6. The number of carbonyl (C=O) groups excluding carboxylic acids is 1. The minimum Gasteiger partial charge on any atom is -0.372 e. The lowest BCUT2D eigenvalue weighted by molar-refractivity contribution is -0.127. The van der Waals surface area contributed by atoms with E-state index in [1.807, 2.05) is 35.2 Å². The molecule has 0 spiro atoms. The molecular weight excluding hydrogens is 178 g/mol. The topological polar surface area (TPSA) is 32.8 Å². The van der Waals surface area contributed by atoms with Crippen LogP contribution >= 0.6 is 0 Å². The molecule has 2 fully saturated rings. The number of ether oxygens (including phenoxy) is 1. The standard InChI is InChI=1S/C11H11NO2/c13-11-9(10-7-14-10)6-12(11)8-4-2-1-3-5-8/h1-5,9-10H,6-7H2/t9-,10-/m0/s1. The minimum absolute atomic E-state index is 0.121. The molecule has 0 unspecified atom stereocenters. The van der Waals surface area contributed by atoms with Crippen LogP contribution in [0, 0.1) is 5.92 Å². The second-order valence-corrected chi connectivity index (χ2v) is 3.76. The van der Waals surface area contributed by atoms with Gasteiger partial charge in [0, 0.05) is 12.2 Å². The molecule has 3 rings (SSSR count). The van der Waals surface area contributed by atoms with E-state index in [1.54, 1.807) is 0 Å². The number of amides is 1. The molecular formula is C11H11NO2. The number of benzene rings is 1. The van der Waals surface area contributed by atoms with E-state index < -0.39 is 0 Å². The Morgan fingerprint density at radius 1 is 1.29 bits per heavy atom. The summed E-state index contributed by atoms with van der Waals surface area (Å²) in [5.74, 6) is 0.328. The molecule has 0 aromatic heterocycles. The van der Waals surface area contributed by atoms with Gasteiger partial charge in [-0.3, -0.25) is 4.79 Å². The average molecular weight is 189 g/mol. The zero-order valence-electron chi connectivity index (χ0n) is 7.72. The maximum atomic E-state index is 11.7. The summed E-state index contributed by atoms with van der Waals surface area (Å²) in [5.41, 5.74) is 0.995. The normalized spacial score (nSPS) is 30.0. The van der Waals surface area contributed by atoms with Crippen molar-refractivity contribution in [3.8, 4) is 0 Å². The summed E-state index contributed by atoms with van der Waals surface area (Å²) in [4.78, 5) is 13.5. The van der Waals surface area contributed by atoms with Gasteiger partial charge in [0.15, 0.2) is 0 Å². The van der Waals surface area contributed by atoms with Crippen LogP contribution in [0.1, 0.15) is 0 Å². The molecule has 72 valence electrons. The number of hydrogen-bond acceptors (Lipinski definition) is 2. The van der Waals surface area contributed by atoms with Gasteiger partial charge in [-0.1, -0.05) is 18.2 Å². The molecule has 3 heteroatoms. The molecule has 2 heterocycles. The van der Waals surface area contributed by atoms with Crippen molar-refractivity contribution in [2.75, 3.05) is 18.1 Å². The molecule has 0 bridgehead atoms. The number of nitrogens with zero attached hydrogens (tertiary/aromatic N) is 1. The molecule has 2 atom stereocenters. The molecule has 1 amide bonds. The van der Waals surface area contributed by atoms with Gasteiger partial charge in [-0.05, 0) is 12.1 Å². The van der Waals surface area contributed by atoms with Gasteiger partial charge in [0.05, 0.1) is 18.6 Å². The fourth-order valence-electron chi connectivity index (χ4n) is 1.86. The second-order valence-electron chi connectivity index (χ2n) is 3.76. The fraction of sp³-hybridized carbons (Fsp3) is 0.364. The molecule has 2 saturated heterocycles. The Bertz CT molecular complexity index is 359. The van der Waals surface area contributed by atoms with Gasteiger partial charge >= 0.3 is 0 Å². The first-order valence-electron chi connectivity index (χ1n) is 4.84. The van der Waals surface area contributed by atoms with Gasteiger partial charge in [0.2, 0.25) is 5.91 Å². The SMILES string of the molecule is O=C1[C@H]([C@@H]2CO2)CN1c1ccccc1. The summed E-state index contributed by atoms with van der Waals surface area (Å²) in [6.45, 7) is 1.58. The van der Waals surface area contributed by atoms with Gasteiger partial charge in [-0.2, -0.15) is 0 Å². The van der Waals surface area contributed by atoms with Crippen LogP contribution in [0.15, 0.2) is 30.3 Å². The van der Waals surface area contributed by atoms with Crippen LogP contribution in [0.3, 0.4) is 0 Å². The van der Waals surface area contributed by atoms with E-state index in [-0.39, 0.29) is 17.9 Å². The van der Waals surface area contributed by atoms with Crippen LogP contribution < -0.4 is 4.90 Å². The van der Waals surface area contributed by atoms with Gasteiger partial charge in [-0.25, -0.2) is 0 Å². The van der Waals surface area contributed by atoms with Crippen LogP contribution in [-0.2, 0) is 9.53 Å². The van der Waals surface area contributed by atoms with Gasteiger partial charge < -0.3 is 9.64 Å². The fourth-order valence-corrected chi connectivity index (χ4v) is 1.86. The molecule has 2 aliphatic rings. The van der Waals surface area contributed by atoms with Crippen molar-refractivity contribution in [1.82, 2.24) is 0 Å². The molecule has 0 N–H and O–H groups in total. The highest BCUT2D eigenvalue weighted by molar-refractivity contribution is 6.02. The van der Waals surface area contributed by atoms with Crippen molar-refractivity contribution >= 4 is 11.6 Å². The zero-order valence-corrected chi connectivity index (χ0v) is 7.72. The summed E-state index contributed by atoms with van der Waals surface area (Å²) in [7, 11) is 0. The molecule has 2 aliphatic heterocycles. The largest absolute Gasteiger partial charge is 0.372 e. The van der Waals surface area contributed by atoms with Crippen molar-refractivity contribution < 1.29 is 9.53 Å². The molecule has 1 aromatic carbocycles. The van der Waals surface area contributed by atoms with Crippen LogP contribution in [0.2, 0.25) is 0 Å². The molecule has 0 saturated carbocycles. The number of hydrogen-bond donors (Lipinski definition) is 0. The summed E-state index contributed by atoms with van der Waals surface area (Å²) in [6, 6.07) is 9.77. The number of para-hydroxylation sites is 1. The third-order valence-electron chi connectivity index (χ3n) is 2.84. The highest BCUT2D eigenvalue weighted by Gasteiger charge is 2.48. The van der Waals surface area contributed by atoms with E-state index in [1.165, 1.54) is 0 Å². The third kappa shape index (κ3) is 1.13. The summed E-state index contributed by atoms with van der Waals surface area (Å²) in [5, 5.41) is 0. The van der Waals surface area contributed by atoms with Crippen molar-refractivity contribution in [2.45, 2.75) is 6.10 Å². The van der Waals surface area contributed by atoms with E-state index in [0.29, 0.717) is 0 Å². The van der Waals surface area contributed by atoms with Crippen molar-refractivity contribution in [1.29, 1.82) is 0 Å². The Kier molecular flexibility index (Phi) is 1.61. The van der Waals surface area contributed by atoms with Crippen LogP contribution in [0.25, 0.3) is 0 Å². The van der Waals surface area contributed by atoms with E-state index >= 15 is 0 Å². The highest BCUT2D eigenvalue weighted by Crippen LogP contribution is 2.33. The predicted octanol–water partition coefficient (Wildman–Crippen LogP) is 1.05. The van der Waals surface area contributed by atoms with Crippen LogP contribution in [0.4, 0.5) is 5.69 Å². The Labute approximate surface area is 82.3 Å². The first kappa shape index (κ1) is 8.00. The van der Waals surface area contributed by atoms with E-state index in [0.717, 1.165) is 18.8 Å². The molecule has 14 heavy (non-hydrogen) atoms. The smallest absolute Gasteiger partial charge is 0.234 e. The maximum Gasteiger partial charge on any atom is 0.234 e. The van der Waals surface area contributed by atoms with E-state index in [4.69, 9.17) is 4.74 Å². The monoisotopic (exact) mass is 189 g/mol. The van der Waals surface area contributed by atoms with Crippen LogP contribution in [0.5, 0.6) is 0 Å². The number of rotatable bonds is 2. The molecule has 1 aromatic rings. The van der Waals surface area contributed by atoms with Gasteiger partial charge in [0.25, 0.3) is 0 Å². The maximum absolute atomic E-state index is 11.7. The van der Waals surface area contributed by atoms with Gasteiger partial charge in [0.1, 0.15) is 0 Å². The molecule has 3 nitrogen and oxygen atoms in total. The van der Waals surface area contributed by atoms with E-state index in [2.05, 4.69) is 0 Å². The molecule has 0 aliphatic carbocycles. The predicted molar refractivity (Wildman–Crippen MR) is 52.0 cm³/mol. The van der Waals surface area contributed by atoms with Gasteiger partial charge in [-0.15, -0.1) is 0 Å². The Morgan fingerprint density at radius 2 is 2.00 bits per heavy atom. The first-order chi connectivity index (χ1) is 6.86. The number of epoxide rings is 1. The van der Waals surface area contributed by atoms with Crippen molar-refractivity contribution in [3.05, 3.63) is 30.3 Å². The van der Waals surface area contributed by atoms with Crippen LogP contribution in [-0.4, -0.2) is 25.2 Å². The minimum atomic E-state index is 0.121. The summed E-state index contributed by atoms with van der Waals surface area (Å²) < 4.78 is 5.12. The van der Waals surface area contributed by atoms with Crippen molar-refractivity contribution in [2.24, 2.45) is 5.92 Å². The lowest BCUT2D eigenvalue weighted by Crippen LogP contribution is -2.55. The summed E-state index contributed by atoms with van der Waals surface area (Å²) in [6.07, 6.45) is 0.211. The number of anilines is 1. The third-order valence-corrected chi connectivity index (χ3v) is 2.84. The lowest BCUT2D eigenvalue weighted by atomic mass is 9.94. The zero-order chi connectivity index (χ0) is 9.54. The second kappa shape index (κ2) is 2.82. The number of carbonyl (C=O) groups is 1. The lowest BCUT2D eigenvalue weighted by Gasteiger charge is -2.37. The molecule has 0 radical (unpaired) electrons. The first-order valence-corrected chi connectivity index (χ1v) is 4.84.